The van der Waals surface area contributed by atoms with Crippen molar-refractivity contribution in [2.45, 2.75) is 45.6 Å². The van der Waals surface area contributed by atoms with Crippen LogP contribution < -0.4 is 16.0 Å². The van der Waals surface area contributed by atoms with Crippen molar-refractivity contribution in [1.82, 2.24) is 10.3 Å². The minimum absolute atomic E-state index is 0. The summed E-state index contributed by atoms with van der Waals surface area (Å²) in [5.41, 5.74) is 6.87. The van der Waals surface area contributed by atoms with Crippen LogP contribution in [0.1, 0.15) is 44.6 Å². The van der Waals surface area contributed by atoms with Crippen molar-refractivity contribution < 1.29 is 0 Å². The first-order valence-corrected chi connectivity index (χ1v) is 8.03. The summed E-state index contributed by atoms with van der Waals surface area (Å²) in [4.78, 5) is 11.3. The Hall–Kier alpha value is -1.05. The van der Waals surface area contributed by atoms with E-state index < -0.39 is 0 Å². The zero-order valence-corrected chi connectivity index (χ0v) is 15.8. The first kappa shape index (κ1) is 19.0. The van der Waals surface area contributed by atoms with Crippen molar-refractivity contribution >= 4 is 35.8 Å². The summed E-state index contributed by atoms with van der Waals surface area (Å²) in [5.74, 6) is 1.59. The van der Waals surface area contributed by atoms with Crippen LogP contribution in [-0.2, 0) is 6.54 Å². The highest BCUT2D eigenvalue weighted by atomic mass is 127. The maximum Gasteiger partial charge on any atom is 0.188 e. The number of aliphatic imine (C=N–C) groups is 1. The van der Waals surface area contributed by atoms with Crippen LogP contribution in [0.2, 0.25) is 0 Å². The van der Waals surface area contributed by atoms with E-state index in [1.807, 2.05) is 6.20 Å². The van der Waals surface area contributed by atoms with E-state index in [1.54, 1.807) is 0 Å². The van der Waals surface area contributed by atoms with Crippen molar-refractivity contribution in [2.24, 2.45) is 10.7 Å². The van der Waals surface area contributed by atoms with E-state index in [-0.39, 0.29) is 24.0 Å². The fourth-order valence-corrected chi connectivity index (χ4v) is 2.48. The van der Waals surface area contributed by atoms with Crippen molar-refractivity contribution in [1.29, 1.82) is 0 Å². The van der Waals surface area contributed by atoms with Crippen LogP contribution >= 0.6 is 24.0 Å². The van der Waals surface area contributed by atoms with E-state index in [0.717, 1.165) is 37.4 Å². The van der Waals surface area contributed by atoms with Gasteiger partial charge >= 0.3 is 0 Å². The summed E-state index contributed by atoms with van der Waals surface area (Å²) in [6, 6.07) is 4.20. The van der Waals surface area contributed by atoms with Gasteiger partial charge < -0.3 is 16.0 Å². The third-order valence-electron chi connectivity index (χ3n) is 3.73. The van der Waals surface area contributed by atoms with E-state index in [0.29, 0.717) is 12.5 Å². The van der Waals surface area contributed by atoms with Crippen molar-refractivity contribution in [3.63, 3.8) is 0 Å². The molecule has 0 aromatic carbocycles. The van der Waals surface area contributed by atoms with Crippen LogP contribution in [0.25, 0.3) is 0 Å². The highest BCUT2D eigenvalue weighted by molar-refractivity contribution is 14.0. The average molecular weight is 417 g/mol. The zero-order chi connectivity index (χ0) is 14.9. The molecule has 2 rings (SSSR count). The predicted molar refractivity (Wildman–Crippen MR) is 104 cm³/mol. The summed E-state index contributed by atoms with van der Waals surface area (Å²) < 4.78 is 0. The molecule has 0 unspecified atom stereocenters. The number of anilines is 1. The monoisotopic (exact) mass is 417 g/mol. The van der Waals surface area contributed by atoms with Gasteiger partial charge in [-0.3, -0.25) is 0 Å². The van der Waals surface area contributed by atoms with E-state index in [4.69, 9.17) is 5.73 Å². The Balaban J connectivity index is 0.00000242. The number of hydrogen-bond acceptors (Lipinski definition) is 3. The van der Waals surface area contributed by atoms with Crippen LogP contribution in [0.5, 0.6) is 0 Å². The number of rotatable bonds is 5. The molecule has 3 N–H and O–H groups in total. The summed E-state index contributed by atoms with van der Waals surface area (Å²) in [5, 5.41) is 3.07. The minimum Gasteiger partial charge on any atom is -0.370 e. The molecule has 6 heteroatoms. The number of nitrogens with two attached hydrogens (primary N) is 1. The predicted octanol–water partition coefficient (Wildman–Crippen LogP) is 2.89. The molecule has 1 aromatic rings. The van der Waals surface area contributed by atoms with Crippen LogP contribution in [-0.4, -0.2) is 30.6 Å². The molecule has 22 heavy (non-hydrogen) atoms. The third-order valence-corrected chi connectivity index (χ3v) is 3.73. The summed E-state index contributed by atoms with van der Waals surface area (Å²) in [6.45, 7) is 5.79. The molecule has 5 nitrogen and oxygen atoms in total. The molecule has 1 aliphatic heterocycles. The fourth-order valence-electron chi connectivity index (χ4n) is 2.48. The standard InChI is InChI=1S/C16H27N5.HI/c1-2-9-18-16(17)20-13-14-7-8-15(19-12-14)21-10-5-3-4-6-11-21;/h7-8,12H,2-6,9-11,13H2,1H3,(H3,17,18,20);1H. The highest BCUT2D eigenvalue weighted by Crippen LogP contribution is 2.17. The molecule has 0 radical (unpaired) electrons. The lowest BCUT2D eigenvalue weighted by Gasteiger charge is -2.21. The van der Waals surface area contributed by atoms with Gasteiger partial charge in [0.1, 0.15) is 5.82 Å². The van der Waals surface area contributed by atoms with Gasteiger partial charge in [0, 0.05) is 25.8 Å². The molecule has 1 aromatic heterocycles. The van der Waals surface area contributed by atoms with Crippen molar-refractivity contribution in [3.8, 4) is 0 Å². The quantitative estimate of drug-likeness (QED) is 0.439. The largest absolute Gasteiger partial charge is 0.370 e. The molecule has 1 saturated heterocycles. The van der Waals surface area contributed by atoms with Gasteiger partial charge in [0.2, 0.25) is 0 Å². The van der Waals surface area contributed by atoms with Gasteiger partial charge in [-0.05, 0) is 30.9 Å². The molecular formula is C16H28IN5. The van der Waals surface area contributed by atoms with E-state index in [2.05, 4.69) is 39.2 Å². The molecule has 1 aliphatic rings. The normalized spacial score (nSPS) is 15.9. The SMILES string of the molecule is CCCNC(N)=NCc1ccc(N2CCCCCC2)nc1.I. The van der Waals surface area contributed by atoms with Crippen molar-refractivity contribution in [3.05, 3.63) is 23.9 Å². The van der Waals surface area contributed by atoms with Gasteiger partial charge in [-0.1, -0.05) is 25.8 Å². The number of nitrogens with zero attached hydrogens (tertiary/aromatic N) is 3. The molecule has 2 heterocycles. The Morgan fingerprint density at radius 1 is 1.27 bits per heavy atom. The Kier molecular flexibility index (Phi) is 9.19. The highest BCUT2D eigenvalue weighted by Gasteiger charge is 2.10. The minimum atomic E-state index is 0. The molecule has 0 bridgehead atoms. The van der Waals surface area contributed by atoms with Gasteiger partial charge in [0.15, 0.2) is 5.96 Å². The van der Waals surface area contributed by atoms with E-state index in [9.17, 15) is 0 Å². The molecule has 0 spiro atoms. The Bertz CT molecular complexity index is 438. The van der Waals surface area contributed by atoms with Crippen LogP contribution in [0, 0.1) is 0 Å². The second kappa shape index (κ2) is 10.6. The van der Waals surface area contributed by atoms with Crippen LogP contribution in [0.4, 0.5) is 5.82 Å². The van der Waals surface area contributed by atoms with Crippen molar-refractivity contribution in [2.75, 3.05) is 24.5 Å². The number of guanidine groups is 1. The molecule has 1 fully saturated rings. The van der Waals surface area contributed by atoms with Gasteiger partial charge in [0.25, 0.3) is 0 Å². The third kappa shape index (κ3) is 6.37. The lowest BCUT2D eigenvalue weighted by atomic mass is 10.2. The second-order valence-corrected chi connectivity index (χ2v) is 5.55. The lowest BCUT2D eigenvalue weighted by molar-refractivity contribution is 0.726. The molecule has 124 valence electrons. The Morgan fingerprint density at radius 2 is 2.00 bits per heavy atom. The summed E-state index contributed by atoms with van der Waals surface area (Å²) in [7, 11) is 0. The van der Waals surface area contributed by atoms with E-state index >= 15 is 0 Å². The fraction of sp³-hybridized carbons (Fsp3) is 0.625. The number of aromatic nitrogens is 1. The van der Waals surface area contributed by atoms with Gasteiger partial charge in [-0.25, -0.2) is 9.98 Å². The zero-order valence-electron chi connectivity index (χ0n) is 13.4. The lowest BCUT2D eigenvalue weighted by Crippen LogP contribution is -2.32. The molecule has 0 aliphatic carbocycles. The number of nitrogens with one attached hydrogen (secondary N) is 1. The maximum atomic E-state index is 5.78. The number of hydrogen-bond donors (Lipinski definition) is 2. The summed E-state index contributed by atoms with van der Waals surface area (Å²) >= 11 is 0. The number of pyridine rings is 1. The van der Waals surface area contributed by atoms with Gasteiger partial charge in [-0.2, -0.15) is 0 Å². The van der Waals surface area contributed by atoms with Gasteiger partial charge in [0.05, 0.1) is 6.54 Å². The smallest absolute Gasteiger partial charge is 0.188 e. The van der Waals surface area contributed by atoms with E-state index in [1.165, 1.54) is 25.7 Å². The molecule has 0 saturated carbocycles. The number of halogens is 1. The molecule has 0 atom stereocenters. The molecular weight excluding hydrogens is 389 g/mol. The topological polar surface area (TPSA) is 66.5 Å². The van der Waals surface area contributed by atoms with Crippen LogP contribution in [0.3, 0.4) is 0 Å². The first-order chi connectivity index (χ1) is 10.3. The van der Waals surface area contributed by atoms with Crippen LogP contribution in [0.15, 0.2) is 23.3 Å². The first-order valence-electron chi connectivity index (χ1n) is 8.03. The average Bonchev–Trinajstić information content (AvgIpc) is 2.80. The molecule has 0 amide bonds. The Labute approximate surface area is 150 Å². The van der Waals surface area contributed by atoms with Gasteiger partial charge in [-0.15, -0.1) is 24.0 Å². The maximum absolute atomic E-state index is 5.78. The summed E-state index contributed by atoms with van der Waals surface area (Å²) in [6.07, 6.45) is 8.18. The Morgan fingerprint density at radius 3 is 2.59 bits per heavy atom. The second-order valence-electron chi connectivity index (χ2n) is 5.55.